The summed E-state index contributed by atoms with van der Waals surface area (Å²) in [6, 6.07) is 12.0. The van der Waals surface area contributed by atoms with Crippen LogP contribution in [0, 0.1) is 19.7 Å². The Morgan fingerprint density at radius 3 is 2.27 bits per heavy atom. The summed E-state index contributed by atoms with van der Waals surface area (Å²) in [5.41, 5.74) is 1.91. The predicted octanol–water partition coefficient (Wildman–Crippen LogP) is 4.58. The maximum absolute atomic E-state index is 14.7. The van der Waals surface area contributed by atoms with E-state index in [4.69, 9.17) is 0 Å². The highest BCUT2D eigenvalue weighted by Gasteiger charge is 2.42. The van der Waals surface area contributed by atoms with E-state index in [1.54, 1.807) is 12.1 Å². The summed E-state index contributed by atoms with van der Waals surface area (Å²) < 4.78 is 41.1. The van der Waals surface area contributed by atoms with E-state index in [2.05, 4.69) is 26.3 Å². The molecular formula is C21H21BrFN3O3S. The monoisotopic (exact) mass is 493 g/mol. The molecule has 158 valence electrons. The SMILES string of the molecule is Cc1cc(C)n(-c2ccc(NC(=O)C(C)(C)S(=O)(=O)c3ccc(Br)cc3)cc2F)n1. The smallest absolute Gasteiger partial charge is 0.245 e. The number of aryl methyl sites for hydroxylation is 2. The quantitative estimate of drug-likeness (QED) is 0.563. The Morgan fingerprint density at radius 1 is 1.10 bits per heavy atom. The van der Waals surface area contributed by atoms with Gasteiger partial charge < -0.3 is 5.32 Å². The maximum Gasteiger partial charge on any atom is 0.245 e. The first-order chi connectivity index (χ1) is 13.9. The highest BCUT2D eigenvalue weighted by molar-refractivity contribution is 9.10. The molecule has 1 amide bonds. The summed E-state index contributed by atoms with van der Waals surface area (Å²) in [5, 5.41) is 6.76. The average Bonchev–Trinajstić information content (AvgIpc) is 3.00. The Hall–Kier alpha value is -2.52. The Labute approximate surface area is 183 Å². The van der Waals surface area contributed by atoms with Crippen molar-refractivity contribution in [2.24, 2.45) is 0 Å². The molecule has 0 saturated heterocycles. The summed E-state index contributed by atoms with van der Waals surface area (Å²) in [7, 11) is -3.98. The molecule has 1 aromatic heterocycles. The largest absolute Gasteiger partial charge is 0.325 e. The van der Waals surface area contributed by atoms with Crippen LogP contribution in [-0.2, 0) is 14.6 Å². The standard InChI is InChI=1S/C21H21BrFN3O3S/c1-13-11-14(2)26(25-13)19-10-7-16(12-18(19)23)24-20(27)21(3,4)30(28,29)17-8-5-15(22)6-9-17/h5-12H,1-4H3,(H,24,27). The molecule has 0 saturated carbocycles. The molecule has 9 heteroatoms. The van der Waals surface area contributed by atoms with Crippen molar-refractivity contribution < 1.29 is 17.6 Å². The highest BCUT2D eigenvalue weighted by atomic mass is 79.9. The van der Waals surface area contributed by atoms with E-state index >= 15 is 0 Å². The molecule has 0 aliphatic heterocycles. The number of anilines is 1. The molecule has 0 aliphatic rings. The number of aromatic nitrogens is 2. The number of hydrogen-bond donors (Lipinski definition) is 1. The Balaban J connectivity index is 1.87. The maximum atomic E-state index is 14.7. The molecule has 1 N–H and O–H groups in total. The number of hydrogen-bond acceptors (Lipinski definition) is 4. The molecule has 0 aliphatic carbocycles. The molecule has 1 heterocycles. The number of nitrogens with zero attached hydrogens (tertiary/aromatic N) is 2. The molecule has 0 atom stereocenters. The van der Waals surface area contributed by atoms with E-state index in [9.17, 15) is 17.6 Å². The van der Waals surface area contributed by atoms with E-state index in [1.165, 1.54) is 42.8 Å². The van der Waals surface area contributed by atoms with Gasteiger partial charge in [-0.3, -0.25) is 4.79 Å². The lowest BCUT2D eigenvalue weighted by Gasteiger charge is -2.24. The highest BCUT2D eigenvalue weighted by Crippen LogP contribution is 2.28. The second-order valence-electron chi connectivity index (χ2n) is 7.43. The van der Waals surface area contributed by atoms with Crippen LogP contribution in [0.5, 0.6) is 0 Å². The summed E-state index contributed by atoms with van der Waals surface area (Å²) in [5.74, 6) is -1.35. The van der Waals surface area contributed by atoms with Crippen molar-refractivity contribution >= 4 is 37.4 Å². The molecule has 3 aromatic rings. The fraction of sp³-hybridized carbons (Fsp3) is 0.238. The summed E-state index contributed by atoms with van der Waals surface area (Å²) in [6.45, 7) is 6.26. The van der Waals surface area contributed by atoms with Crippen LogP contribution in [0.2, 0.25) is 0 Å². The average molecular weight is 494 g/mol. The summed E-state index contributed by atoms with van der Waals surface area (Å²) >= 11 is 3.26. The third-order valence-corrected chi connectivity index (χ3v) is 7.74. The zero-order chi connectivity index (χ0) is 22.3. The van der Waals surface area contributed by atoms with Gasteiger partial charge in [-0.05, 0) is 76.2 Å². The summed E-state index contributed by atoms with van der Waals surface area (Å²) in [6.07, 6.45) is 0. The minimum absolute atomic E-state index is 0.0249. The first-order valence-corrected chi connectivity index (χ1v) is 11.4. The second-order valence-corrected chi connectivity index (χ2v) is 10.8. The third kappa shape index (κ3) is 4.04. The topological polar surface area (TPSA) is 81.1 Å². The minimum atomic E-state index is -3.98. The number of nitrogens with one attached hydrogen (secondary N) is 1. The fourth-order valence-electron chi connectivity index (χ4n) is 2.94. The lowest BCUT2D eigenvalue weighted by atomic mass is 10.2. The molecule has 0 fully saturated rings. The summed E-state index contributed by atoms with van der Waals surface area (Å²) in [4.78, 5) is 12.8. The van der Waals surface area contributed by atoms with Crippen LogP contribution >= 0.6 is 15.9 Å². The number of carbonyl (C=O) groups is 1. The number of amides is 1. The molecule has 3 rings (SSSR count). The lowest BCUT2D eigenvalue weighted by molar-refractivity contribution is -0.117. The van der Waals surface area contributed by atoms with Crippen molar-refractivity contribution in [1.29, 1.82) is 0 Å². The molecule has 6 nitrogen and oxygen atoms in total. The van der Waals surface area contributed by atoms with Gasteiger partial charge in [-0.2, -0.15) is 5.10 Å². The predicted molar refractivity (Wildman–Crippen MR) is 117 cm³/mol. The fourth-order valence-corrected chi connectivity index (χ4v) is 4.58. The van der Waals surface area contributed by atoms with Crippen LogP contribution in [0.15, 0.2) is 57.9 Å². The van der Waals surface area contributed by atoms with Gasteiger partial charge >= 0.3 is 0 Å². The Morgan fingerprint density at radius 2 is 1.73 bits per heavy atom. The van der Waals surface area contributed by atoms with Crippen molar-refractivity contribution in [2.45, 2.75) is 37.3 Å². The molecule has 30 heavy (non-hydrogen) atoms. The van der Waals surface area contributed by atoms with Crippen molar-refractivity contribution in [3.05, 3.63) is 70.2 Å². The zero-order valence-electron chi connectivity index (χ0n) is 16.9. The van der Waals surface area contributed by atoms with Crippen molar-refractivity contribution in [3.8, 4) is 5.69 Å². The molecule has 0 radical (unpaired) electrons. The molecule has 0 unspecified atom stereocenters. The van der Waals surface area contributed by atoms with Gasteiger partial charge in [0, 0.05) is 15.9 Å². The van der Waals surface area contributed by atoms with Crippen LogP contribution < -0.4 is 5.32 Å². The Kier molecular flexibility index (Phi) is 5.88. The number of benzene rings is 2. The van der Waals surface area contributed by atoms with Gasteiger partial charge in [0.15, 0.2) is 15.7 Å². The van der Waals surface area contributed by atoms with Gasteiger partial charge in [-0.1, -0.05) is 15.9 Å². The van der Waals surface area contributed by atoms with Crippen molar-refractivity contribution in [1.82, 2.24) is 9.78 Å². The van der Waals surface area contributed by atoms with Crippen LogP contribution in [0.1, 0.15) is 25.2 Å². The van der Waals surface area contributed by atoms with E-state index in [-0.39, 0.29) is 16.3 Å². The van der Waals surface area contributed by atoms with Crippen molar-refractivity contribution in [2.75, 3.05) is 5.32 Å². The lowest BCUT2D eigenvalue weighted by Crippen LogP contribution is -2.44. The van der Waals surface area contributed by atoms with Gasteiger partial charge in [-0.15, -0.1) is 0 Å². The second kappa shape index (κ2) is 7.96. The van der Waals surface area contributed by atoms with E-state index in [0.717, 1.165) is 21.9 Å². The normalized spacial score (nSPS) is 12.1. The molecular weight excluding hydrogens is 473 g/mol. The zero-order valence-corrected chi connectivity index (χ0v) is 19.3. The van der Waals surface area contributed by atoms with Crippen LogP contribution in [0.4, 0.5) is 10.1 Å². The first kappa shape index (κ1) is 22.2. The van der Waals surface area contributed by atoms with Crippen molar-refractivity contribution in [3.63, 3.8) is 0 Å². The molecule has 0 spiro atoms. The van der Waals surface area contributed by atoms with E-state index < -0.39 is 26.3 Å². The number of carbonyl (C=O) groups excluding carboxylic acids is 1. The molecule has 0 bridgehead atoms. The van der Waals surface area contributed by atoms with E-state index in [0.29, 0.717) is 0 Å². The third-order valence-electron chi connectivity index (χ3n) is 4.79. The number of sulfone groups is 1. The van der Waals surface area contributed by atoms with Gasteiger partial charge in [-0.25, -0.2) is 17.5 Å². The first-order valence-electron chi connectivity index (χ1n) is 9.08. The van der Waals surface area contributed by atoms with E-state index in [1.807, 2.05) is 19.9 Å². The Bertz CT molecular complexity index is 1220. The van der Waals surface area contributed by atoms with Gasteiger partial charge in [0.05, 0.1) is 10.6 Å². The van der Waals surface area contributed by atoms with Crippen LogP contribution in [0.25, 0.3) is 5.69 Å². The minimum Gasteiger partial charge on any atom is -0.325 e. The number of halogens is 2. The number of rotatable bonds is 5. The van der Waals surface area contributed by atoms with Gasteiger partial charge in [0.2, 0.25) is 5.91 Å². The van der Waals surface area contributed by atoms with Crippen LogP contribution in [-0.4, -0.2) is 28.9 Å². The van der Waals surface area contributed by atoms with Gasteiger partial charge in [0.25, 0.3) is 0 Å². The van der Waals surface area contributed by atoms with Gasteiger partial charge in [0.1, 0.15) is 10.4 Å². The molecule has 2 aromatic carbocycles. The van der Waals surface area contributed by atoms with Crippen LogP contribution in [0.3, 0.4) is 0 Å².